The Kier molecular flexibility index (Phi) is 7.94. The molecular formula is C11H21ClO3Si2. The number of hydrogen-bond acceptors (Lipinski definition) is 3. The monoisotopic (exact) mass is 292 g/mol. The van der Waals surface area contributed by atoms with Gasteiger partial charge in [0.25, 0.3) is 0 Å². The van der Waals surface area contributed by atoms with E-state index in [-0.39, 0.29) is 11.0 Å². The van der Waals surface area contributed by atoms with E-state index >= 15 is 0 Å². The van der Waals surface area contributed by atoms with E-state index < -0.39 is 8.80 Å². The zero-order chi connectivity index (χ0) is 12.0. The molecule has 0 aliphatic carbocycles. The van der Waals surface area contributed by atoms with Crippen LogP contribution in [0.3, 0.4) is 0 Å². The summed E-state index contributed by atoms with van der Waals surface area (Å²) in [6.45, 7) is 0. The predicted octanol–water partition coefficient (Wildman–Crippen LogP) is 1.31. The normalized spacial score (nSPS) is 11.1. The summed E-state index contributed by atoms with van der Waals surface area (Å²) in [6.07, 6.45) is 0.836. The number of hydrogen-bond donors (Lipinski definition) is 0. The highest BCUT2D eigenvalue weighted by Gasteiger charge is 2.37. The number of aryl methyl sites for hydroxylation is 1. The Bertz CT molecular complexity index is 324. The maximum Gasteiger partial charge on any atom is 0.500 e. The Balaban J connectivity index is 0.00000256. The minimum atomic E-state index is -2.46. The van der Waals surface area contributed by atoms with E-state index in [9.17, 15) is 0 Å². The molecule has 6 heteroatoms. The summed E-state index contributed by atoms with van der Waals surface area (Å²) >= 11 is 5.91. The fraction of sp³-hybridized carbons (Fsp3) is 0.455. The Labute approximate surface area is 113 Å². The summed E-state index contributed by atoms with van der Waals surface area (Å²) < 4.78 is 16.0. The van der Waals surface area contributed by atoms with Crippen molar-refractivity contribution in [3.8, 4) is 0 Å². The molecule has 0 spiro atoms. The Morgan fingerprint density at radius 3 is 2.18 bits per heavy atom. The van der Waals surface area contributed by atoms with Crippen molar-refractivity contribution in [2.45, 2.75) is 12.5 Å². The van der Waals surface area contributed by atoms with Gasteiger partial charge >= 0.3 is 8.80 Å². The molecule has 0 unspecified atom stereocenters. The minimum absolute atomic E-state index is 0. The molecule has 0 saturated heterocycles. The van der Waals surface area contributed by atoms with E-state index in [1.165, 1.54) is 0 Å². The lowest BCUT2D eigenvalue weighted by atomic mass is 10.2. The van der Waals surface area contributed by atoms with Crippen LogP contribution in [-0.4, -0.2) is 41.1 Å². The third-order valence-corrected chi connectivity index (χ3v) is 5.51. The van der Waals surface area contributed by atoms with Gasteiger partial charge in [-0.2, -0.15) is 0 Å². The Morgan fingerprint density at radius 2 is 1.71 bits per heavy atom. The van der Waals surface area contributed by atoms with Crippen LogP contribution in [-0.2, 0) is 19.7 Å². The molecule has 0 fully saturated rings. The fourth-order valence-corrected chi connectivity index (χ4v) is 3.47. The zero-order valence-corrected chi connectivity index (χ0v) is 11.6. The molecule has 0 amide bonds. The molecule has 0 atom stereocenters. The molecule has 17 heavy (non-hydrogen) atoms. The number of benzene rings is 1. The maximum absolute atomic E-state index is 5.91. The van der Waals surface area contributed by atoms with Crippen molar-refractivity contribution in [2.24, 2.45) is 0 Å². The highest BCUT2D eigenvalue weighted by molar-refractivity contribution is 6.60. The summed E-state index contributed by atoms with van der Waals surface area (Å²) in [4.78, 5) is 0. The standard InChI is InChI=1S/C11H17ClO3Si.H4Si/c1-13-16(14-2,15-3)8-7-10-5-4-6-11(12)9-10;/h4-6,9H,7-8H2,1-3H3;1H4. The van der Waals surface area contributed by atoms with Gasteiger partial charge in [-0.15, -0.1) is 0 Å². The van der Waals surface area contributed by atoms with Crippen LogP contribution in [0.5, 0.6) is 0 Å². The highest BCUT2D eigenvalue weighted by Crippen LogP contribution is 2.18. The van der Waals surface area contributed by atoms with Gasteiger partial charge in [0.15, 0.2) is 0 Å². The SMILES string of the molecule is CO[Si](CCc1cccc(Cl)c1)(OC)OC.[SiH4]. The van der Waals surface area contributed by atoms with Crippen molar-refractivity contribution in [3.05, 3.63) is 34.9 Å². The van der Waals surface area contributed by atoms with Gasteiger partial charge < -0.3 is 13.3 Å². The van der Waals surface area contributed by atoms with Crippen LogP contribution < -0.4 is 0 Å². The smallest absolute Gasteiger partial charge is 0.377 e. The molecule has 98 valence electrons. The molecule has 0 bridgehead atoms. The summed E-state index contributed by atoms with van der Waals surface area (Å²) in [6, 6.07) is 8.52. The van der Waals surface area contributed by atoms with Gasteiger partial charge in [0.2, 0.25) is 0 Å². The Morgan fingerprint density at radius 1 is 1.12 bits per heavy atom. The van der Waals surface area contributed by atoms with E-state index in [1.807, 2.05) is 24.3 Å². The molecule has 0 aliphatic rings. The summed E-state index contributed by atoms with van der Waals surface area (Å²) in [5.41, 5.74) is 1.16. The molecule has 0 aliphatic heterocycles. The predicted molar refractivity (Wildman–Crippen MR) is 78.1 cm³/mol. The van der Waals surface area contributed by atoms with Crippen molar-refractivity contribution in [1.82, 2.24) is 0 Å². The van der Waals surface area contributed by atoms with Gasteiger partial charge in [-0.1, -0.05) is 23.7 Å². The molecule has 0 aromatic heterocycles. The van der Waals surface area contributed by atoms with Crippen LogP contribution in [0.4, 0.5) is 0 Å². The van der Waals surface area contributed by atoms with E-state index in [2.05, 4.69) is 0 Å². The largest absolute Gasteiger partial charge is 0.500 e. The van der Waals surface area contributed by atoms with Crippen LogP contribution in [0.2, 0.25) is 11.1 Å². The van der Waals surface area contributed by atoms with Gasteiger partial charge in [-0.05, 0) is 35.1 Å². The van der Waals surface area contributed by atoms with Crippen LogP contribution in [0.1, 0.15) is 5.56 Å². The van der Waals surface area contributed by atoms with Gasteiger partial charge in [-0.3, -0.25) is 0 Å². The molecule has 1 aromatic carbocycles. The van der Waals surface area contributed by atoms with E-state index in [0.29, 0.717) is 0 Å². The molecule has 1 aromatic rings. The van der Waals surface area contributed by atoms with Crippen molar-refractivity contribution in [1.29, 1.82) is 0 Å². The number of rotatable bonds is 6. The van der Waals surface area contributed by atoms with Gasteiger partial charge in [0, 0.05) is 32.4 Å². The second kappa shape index (κ2) is 8.02. The van der Waals surface area contributed by atoms with Crippen molar-refractivity contribution < 1.29 is 13.3 Å². The van der Waals surface area contributed by atoms with Crippen molar-refractivity contribution in [3.63, 3.8) is 0 Å². The summed E-state index contributed by atoms with van der Waals surface area (Å²) in [5.74, 6) is 0. The first-order valence-electron chi connectivity index (χ1n) is 5.05. The maximum atomic E-state index is 5.91. The number of halogens is 1. The van der Waals surface area contributed by atoms with E-state index in [1.54, 1.807) is 21.3 Å². The van der Waals surface area contributed by atoms with E-state index in [4.69, 9.17) is 24.9 Å². The Hall–Kier alpha value is -0.176. The first-order valence-corrected chi connectivity index (χ1v) is 7.36. The zero-order valence-electron chi connectivity index (χ0n) is 9.83. The molecule has 0 saturated carbocycles. The topological polar surface area (TPSA) is 27.7 Å². The average molecular weight is 293 g/mol. The first kappa shape index (κ1) is 16.8. The second-order valence-electron chi connectivity index (χ2n) is 3.43. The molecule has 0 N–H and O–H groups in total. The lowest BCUT2D eigenvalue weighted by Crippen LogP contribution is -2.43. The van der Waals surface area contributed by atoms with Gasteiger partial charge in [0.05, 0.1) is 0 Å². The third-order valence-electron chi connectivity index (χ3n) is 2.54. The molecule has 0 radical (unpaired) electrons. The molecule has 3 nitrogen and oxygen atoms in total. The molecular weight excluding hydrogens is 272 g/mol. The third kappa shape index (κ3) is 4.91. The lowest BCUT2D eigenvalue weighted by Gasteiger charge is -2.24. The average Bonchev–Trinajstić information content (AvgIpc) is 2.32. The van der Waals surface area contributed by atoms with Crippen LogP contribution >= 0.6 is 11.6 Å². The second-order valence-corrected chi connectivity index (χ2v) is 6.95. The van der Waals surface area contributed by atoms with Crippen LogP contribution in [0.15, 0.2) is 24.3 Å². The van der Waals surface area contributed by atoms with Crippen LogP contribution in [0.25, 0.3) is 0 Å². The van der Waals surface area contributed by atoms with Crippen molar-refractivity contribution >= 4 is 31.4 Å². The molecule has 1 rings (SSSR count). The summed E-state index contributed by atoms with van der Waals surface area (Å²) in [5, 5.41) is 0.747. The molecule has 0 heterocycles. The lowest BCUT2D eigenvalue weighted by molar-refractivity contribution is 0.123. The van der Waals surface area contributed by atoms with Gasteiger partial charge in [0.1, 0.15) is 0 Å². The first-order chi connectivity index (χ1) is 7.65. The minimum Gasteiger partial charge on any atom is -0.377 e. The van der Waals surface area contributed by atoms with Crippen LogP contribution in [0, 0.1) is 0 Å². The summed E-state index contributed by atoms with van der Waals surface area (Å²) in [7, 11) is 2.41. The quantitative estimate of drug-likeness (QED) is 0.740. The van der Waals surface area contributed by atoms with Crippen molar-refractivity contribution in [2.75, 3.05) is 21.3 Å². The fourth-order valence-electron chi connectivity index (χ4n) is 1.55. The highest BCUT2D eigenvalue weighted by atomic mass is 35.5. The van der Waals surface area contributed by atoms with Gasteiger partial charge in [-0.25, -0.2) is 0 Å². The van der Waals surface area contributed by atoms with E-state index in [0.717, 1.165) is 23.1 Å².